The van der Waals surface area contributed by atoms with Gasteiger partial charge < -0.3 is 5.32 Å². The number of rotatable bonds is 7. The maximum Gasteiger partial charge on any atom is 0.354 e. The topological polar surface area (TPSA) is 148 Å². The van der Waals surface area contributed by atoms with Crippen LogP contribution in [0.2, 0.25) is 0 Å². The molecule has 23 heavy (non-hydrogen) atoms. The van der Waals surface area contributed by atoms with Gasteiger partial charge in [-0.1, -0.05) is 0 Å². The number of hydrogen-bond acceptors (Lipinski definition) is 9. The Balaban J connectivity index is 2.18. The van der Waals surface area contributed by atoms with Gasteiger partial charge in [-0.25, -0.2) is 9.97 Å². The lowest BCUT2D eigenvalue weighted by Gasteiger charge is -2.10. The zero-order chi connectivity index (χ0) is 16.8. The van der Waals surface area contributed by atoms with Crippen molar-refractivity contribution in [2.45, 2.75) is 6.92 Å². The molecule has 1 heterocycles. The van der Waals surface area contributed by atoms with Gasteiger partial charge in [-0.15, -0.1) is 0 Å². The van der Waals surface area contributed by atoms with Crippen LogP contribution in [0.15, 0.2) is 30.6 Å². The van der Waals surface area contributed by atoms with Crippen molar-refractivity contribution in [1.82, 2.24) is 9.97 Å². The Morgan fingerprint density at radius 2 is 1.65 bits per heavy atom. The minimum atomic E-state index is -0.599. The summed E-state index contributed by atoms with van der Waals surface area (Å²) < 4.78 is 0. The molecular weight excluding hydrogens is 306 g/mol. The summed E-state index contributed by atoms with van der Waals surface area (Å²) in [5.74, 6) is 0.0693. The fourth-order valence-electron chi connectivity index (χ4n) is 1.74. The Bertz CT molecular complexity index is 720. The molecule has 0 fully saturated rings. The fraction of sp³-hybridized carbons (Fsp3) is 0.167. The quantitative estimate of drug-likeness (QED) is 0.515. The first-order chi connectivity index (χ1) is 11.0. The van der Waals surface area contributed by atoms with Gasteiger partial charge >= 0.3 is 5.69 Å². The van der Waals surface area contributed by atoms with E-state index in [1.165, 1.54) is 30.6 Å². The molecule has 3 N–H and O–H groups in total. The second kappa shape index (κ2) is 6.98. The fourth-order valence-corrected chi connectivity index (χ4v) is 1.74. The summed E-state index contributed by atoms with van der Waals surface area (Å²) >= 11 is 0. The maximum absolute atomic E-state index is 11.2. The summed E-state index contributed by atoms with van der Waals surface area (Å²) in [7, 11) is 0. The summed E-state index contributed by atoms with van der Waals surface area (Å²) in [6.45, 7) is 2.25. The van der Waals surface area contributed by atoms with Crippen molar-refractivity contribution < 1.29 is 9.85 Å². The number of nitro benzene ring substituents is 1. The van der Waals surface area contributed by atoms with Crippen molar-refractivity contribution >= 4 is 28.7 Å². The molecule has 1 aromatic heterocycles. The van der Waals surface area contributed by atoms with Crippen LogP contribution in [0.1, 0.15) is 6.92 Å². The number of non-ortho nitro benzene ring substituents is 1. The van der Waals surface area contributed by atoms with Crippen LogP contribution >= 0.6 is 0 Å². The highest BCUT2D eigenvalue weighted by atomic mass is 16.6. The average Bonchev–Trinajstić information content (AvgIpc) is 2.53. The molecule has 0 aliphatic heterocycles. The Labute approximate surface area is 130 Å². The molecule has 0 aliphatic rings. The second-order valence-electron chi connectivity index (χ2n) is 4.26. The van der Waals surface area contributed by atoms with E-state index in [0.717, 1.165) is 0 Å². The van der Waals surface area contributed by atoms with E-state index in [0.29, 0.717) is 12.2 Å². The zero-order valence-corrected chi connectivity index (χ0v) is 12.0. The monoisotopic (exact) mass is 319 g/mol. The molecule has 120 valence electrons. The molecule has 2 rings (SSSR count). The van der Waals surface area contributed by atoms with Gasteiger partial charge in [0.2, 0.25) is 11.6 Å². The molecule has 0 bridgehead atoms. The molecule has 0 saturated carbocycles. The van der Waals surface area contributed by atoms with Crippen LogP contribution in [-0.2, 0) is 0 Å². The Kier molecular flexibility index (Phi) is 4.82. The normalized spacial score (nSPS) is 9.96. The van der Waals surface area contributed by atoms with Gasteiger partial charge in [-0.2, -0.15) is 0 Å². The molecule has 0 spiro atoms. The van der Waals surface area contributed by atoms with E-state index in [2.05, 4.69) is 26.1 Å². The first kappa shape index (κ1) is 15.9. The third-order valence-electron chi connectivity index (χ3n) is 2.75. The lowest BCUT2D eigenvalue weighted by atomic mass is 10.3. The number of nitrogens with one attached hydrogen (secondary N) is 3. The van der Waals surface area contributed by atoms with E-state index in [1.54, 1.807) is 6.92 Å². The largest absolute Gasteiger partial charge is 0.364 e. The number of anilines is 3. The van der Waals surface area contributed by atoms with Gasteiger partial charge in [0, 0.05) is 18.7 Å². The molecule has 2 aromatic rings. The molecule has 1 aromatic carbocycles. The molecule has 0 unspecified atom stereocenters. The van der Waals surface area contributed by atoms with E-state index in [9.17, 15) is 20.2 Å². The molecule has 0 saturated heterocycles. The molecule has 11 heteroatoms. The van der Waals surface area contributed by atoms with Crippen molar-refractivity contribution in [2.24, 2.45) is 0 Å². The molecule has 0 radical (unpaired) electrons. The minimum Gasteiger partial charge on any atom is -0.364 e. The summed E-state index contributed by atoms with van der Waals surface area (Å²) in [5.41, 5.74) is 5.42. The van der Waals surface area contributed by atoms with Crippen molar-refractivity contribution in [3.05, 3.63) is 50.8 Å². The van der Waals surface area contributed by atoms with Crippen molar-refractivity contribution in [3.63, 3.8) is 0 Å². The minimum absolute atomic E-state index is 0.0284. The summed E-state index contributed by atoms with van der Waals surface area (Å²) in [6.07, 6.45) is 1.19. The van der Waals surface area contributed by atoms with Gasteiger partial charge in [-0.3, -0.25) is 31.1 Å². The lowest BCUT2D eigenvalue weighted by molar-refractivity contribution is -0.384. The van der Waals surface area contributed by atoms with E-state index >= 15 is 0 Å². The van der Waals surface area contributed by atoms with Crippen LogP contribution < -0.4 is 16.2 Å². The van der Waals surface area contributed by atoms with E-state index in [4.69, 9.17) is 0 Å². The van der Waals surface area contributed by atoms with Crippen LogP contribution in [-0.4, -0.2) is 26.4 Å². The van der Waals surface area contributed by atoms with E-state index in [-0.39, 0.29) is 23.0 Å². The maximum atomic E-state index is 11.2. The highest BCUT2D eigenvalue weighted by Gasteiger charge is 2.22. The highest BCUT2D eigenvalue weighted by Crippen LogP contribution is 2.28. The van der Waals surface area contributed by atoms with Crippen molar-refractivity contribution in [3.8, 4) is 0 Å². The Hall–Kier alpha value is -3.50. The van der Waals surface area contributed by atoms with Crippen LogP contribution in [0.3, 0.4) is 0 Å². The number of benzene rings is 1. The first-order valence-corrected chi connectivity index (χ1v) is 6.52. The predicted molar refractivity (Wildman–Crippen MR) is 83.2 cm³/mol. The summed E-state index contributed by atoms with van der Waals surface area (Å²) in [4.78, 5) is 28.3. The van der Waals surface area contributed by atoms with E-state index in [1.807, 2.05) is 0 Å². The molecule has 0 atom stereocenters. The smallest absolute Gasteiger partial charge is 0.354 e. The number of hydrogen-bond donors (Lipinski definition) is 3. The van der Waals surface area contributed by atoms with Crippen LogP contribution in [0.5, 0.6) is 0 Å². The molecule has 0 aliphatic carbocycles. The predicted octanol–water partition coefficient (Wildman–Crippen LogP) is 2.16. The highest BCUT2D eigenvalue weighted by molar-refractivity contribution is 5.70. The van der Waals surface area contributed by atoms with Gasteiger partial charge in [0.1, 0.15) is 6.33 Å². The third kappa shape index (κ3) is 3.78. The van der Waals surface area contributed by atoms with Crippen LogP contribution in [0.4, 0.5) is 28.7 Å². The van der Waals surface area contributed by atoms with Gasteiger partial charge in [0.25, 0.3) is 5.69 Å². The van der Waals surface area contributed by atoms with E-state index < -0.39 is 9.85 Å². The molecule has 11 nitrogen and oxygen atoms in total. The summed E-state index contributed by atoms with van der Waals surface area (Å²) in [6, 6.07) is 5.54. The van der Waals surface area contributed by atoms with Gasteiger partial charge in [-0.05, 0) is 19.1 Å². The molecule has 0 amide bonds. The second-order valence-corrected chi connectivity index (χ2v) is 4.26. The zero-order valence-electron chi connectivity index (χ0n) is 12.0. The number of nitrogens with zero attached hydrogens (tertiary/aromatic N) is 4. The average molecular weight is 319 g/mol. The first-order valence-electron chi connectivity index (χ1n) is 6.52. The van der Waals surface area contributed by atoms with Gasteiger partial charge in [0.05, 0.1) is 15.5 Å². The lowest BCUT2D eigenvalue weighted by Crippen LogP contribution is -2.14. The van der Waals surface area contributed by atoms with Crippen molar-refractivity contribution in [2.75, 3.05) is 22.7 Å². The van der Waals surface area contributed by atoms with Gasteiger partial charge in [0.15, 0.2) is 0 Å². The SMILES string of the molecule is CCNc1ncnc(NNc2ccc([N+](=O)[O-])cc2)c1[N+](=O)[O-]. The Morgan fingerprint density at radius 1 is 1.00 bits per heavy atom. The van der Waals surface area contributed by atoms with Crippen molar-refractivity contribution in [1.29, 1.82) is 0 Å². The van der Waals surface area contributed by atoms with Crippen LogP contribution in [0, 0.1) is 20.2 Å². The summed E-state index contributed by atoms with van der Waals surface area (Å²) in [5, 5.41) is 24.6. The Morgan fingerprint density at radius 3 is 2.22 bits per heavy atom. The van der Waals surface area contributed by atoms with Crippen LogP contribution in [0.25, 0.3) is 0 Å². The third-order valence-corrected chi connectivity index (χ3v) is 2.75. The standard InChI is InChI=1S/C12H13N7O4/c1-2-13-11-10(19(22)23)12(15-7-14-11)17-16-8-3-5-9(6-4-8)18(20)21/h3-7,16H,2H2,1H3,(H2,13,14,15,17). The number of nitro groups is 2. The molecular formula is C12H13N7O4. The number of aromatic nitrogens is 2. The number of hydrazine groups is 1.